The van der Waals surface area contributed by atoms with Crippen LogP contribution in [0.25, 0.3) is 22.4 Å². The third-order valence-electron chi connectivity index (χ3n) is 6.06. The number of ether oxygens (including phenoxy) is 4. The van der Waals surface area contributed by atoms with E-state index in [1.807, 2.05) is 48.5 Å². The van der Waals surface area contributed by atoms with Gasteiger partial charge in [0, 0.05) is 52.8 Å². The van der Waals surface area contributed by atoms with E-state index in [0.29, 0.717) is 61.8 Å². The van der Waals surface area contributed by atoms with Crippen LogP contribution in [0.15, 0.2) is 77.8 Å². The van der Waals surface area contributed by atoms with Crippen molar-refractivity contribution in [2.24, 2.45) is 0 Å². The second kappa shape index (κ2) is 13.4. The highest BCUT2D eigenvalue weighted by molar-refractivity contribution is 7.99. The number of amides is 1. The lowest BCUT2D eigenvalue weighted by atomic mass is 9.98. The van der Waals surface area contributed by atoms with Crippen molar-refractivity contribution in [3.8, 4) is 51.5 Å². The molecule has 4 aromatic rings. The fourth-order valence-corrected chi connectivity index (χ4v) is 5.09. The van der Waals surface area contributed by atoms with Crippen LogP contribution in [0.4, 0.5) is 5.69 Å². The second-order valence-electron chi connectivity index (χ2n) is 8.50. The first-order chi connectivity index (χ1) is 19.5. The standard InChI is InChI=1S/C31H29N3O5S/c1-36-22-15-21(16-23(17-22)37-2)33-29(35)13-14-40-31-26(19-32)25(18-27(34-31)20-9-6-5-7-10-20)24-11-8-12-28(38-3)30(24)39-4/h5-12,15-18H,13-14H2,1-4H3,(H,33,35). The third kappa shape index (κ3) is 6.47. The van der Waals surface area contributed by atoms with E-state index in [1.54, 1.807) is 52.7 Å². The second-order valence-corrected chi connectivity index (χ2v) is 9.59. The molecule has 0 spiro atoms. The van der Waals surface area contributed by atoms with Gasteiger partial charge in [-0.2, -0.15) is 5.26 Å². The Bertz CT molecular complexity index is 1510. The number of pyridine rings is 1. The molecule has 1 amide bonds. The Morgan fingerprint density at radius 2 is 1.60 bits per heavy atom. The number of hydrogen-bond donors (Lipinski definition) is 1. The highest BCUT2D eigenvalue weighted by Gasteiger charge is 2.20. The van der Waals surface area contributed by atoms with Crippen molar-refractivity contribution in [2.75, 3.05) is 39.5 Å². The molecule has 0 aliphatic rings. The van der Waals surface area contributed by atoms with E-state index in [0.717, 1.165) is 5.56 Å². The highest BCUT2D eigenvalue weighted by atomic mass is 32.2. The van der Waals surface area contributed by atoms with Crippen molar-refractivity contribution in [1.29, 1.82) is 5.26 Å². The molecule has 0 radical (unpaired) electrons. The van der Waals surface area contributed by atoms with Gasteiger partial charge in [-0.3, -0.25) is 4.79 Å². The molecule has 40 heavy (non-hydrogen) atoms. The Balaban J connectivity index is 1.64. The number of nitriles is 1. The van der Waals surface area contributed by atoms with Crippen LogP contribution < -0.4 is 24.3 Å². The molecule has 0 aliphatic heterocycles. The molecule has 0 aliphatic carbocycles. The maximum absolute atomic E-state index is 12.8. The van der Waals surface area contributed by atoms with Crippen LogP contribution in [0, 0.1) is 11.3 Å². The van der Waals surface area contributed by atoms with E-state index in [1.165, 1.54) is 11.8 Å². The summed E-state index contributed by atoms with van der Waals surface area (Å²) < 4.78 is 21.7. The predicted molar refractivity (Wildman–Crippen MR) is 156 cm³/mol. The average Bonchev–Trinajstić information content (AvgIpc) is 3.00. The molecule has 1 N–H and O–H groups in total. The van der Waals surface area contributed by atoms with Gasteiger partial charge in [-0.05, 0) is 12.1 Å². The van der Waals surface area contributed by atoms with E-state index >= 15 is 0 Å². The lowest BCUT2D eigenvalue weighted by Gasteiger charge is -2.16. The average molecular weight is 556 g/mol. The van der Waals surface area contributed by atoms with Crippen molar-refractivity contribution in [2.45, 2.75) is 11.4 Å². The Morgan fingerprint density at radius 1 is 0.875 bits per heavy atom. The van der Waals surface area contributed by atoms with Gasteiger partial charge >= 0.3 is 0 Å². The van der Waals surface area contributed by atoms with E-state index in [2.05, 4.69) is 11.4 Å². The maximum atomic E-state index is 12.8. The van der Waals surface area contributed by atoms with Crippen LogP contribution >= 0.6 is 11.8 Å². The molecule has 204 valence electrons. The molecule has 0 saturated carbocycles. The minimum Gasteiger partial charge on any atom is -0.497 e. The van der Waals surface area contributed by atoms with Gasteiger partial charge in [0.25, 0.3) is 0 Å². The zero-order valence-corrected chi connectivity index (χ0v) is 23.5. The number of methoxy groups -OCH3 is 4. The number of benzene rings is 3. The molecule has 1 aromatic heterocycles. The van der Waals surface area contributed by atoms with Crippen molar-refractivity contribution >= 4 is 23.4 Å². The summed E-state index contributed by atoms with van der Waals surface area (Å²) >= 11 is 1.35. The van der Waals surface area contributed by atoms with E-state index < -0.39 is 0 Å². The largest absolute Gasteiger partial charge is 0.497 e. The van der Waals surface area contributed by atoms with Crippen molar-refractivity contribution in [1.82, 2.24) is 4.98 Å². The summed E-state index contributed by atoms with van der Waals surface area (Å²) in [6.07, 6.45) is 0.199. The molecule has 0 atom stereocenters. The summed E-state index contributed by atoms with van der Waals surface area (Å²) in [6, 6.07) is 24.7. The number of hydrogen-bond acceptors (Lipinski definition) is 8. The predicted octanol–water partition coefficient (Wildman–Crippen LogP) is 6.44. The molecule has 0 bridgehead atoms. The number of nitrogens with zero attached hydrogens (tertiary/aromatic N) is 2. The van der Waals surface area contributed by atoms with Crippen LogP contribution in [0.3, 0.4) is 0 Å². The topological polar surface area (TPSA) is 103 Å². The Morgan fingerprint density at radius 3 is 2.23 bits per heavy atom. The minimum atomic E-state index is -0.185. The fraction of sp³-hybridized carbons (Fsp3) is 0.194. The molecular formula is C31H29N3O5S. The van der Waals surface area contributed by atoms with Crippen LogP contribution in [-0.4, -0.2) is 45.1 Å². The number of nitrogens with one attached hydrogen (secondary N) is 1. The Kier molecular flexibility index (Phi) is 9.49. The maximum Gasteiger partial charge on any atom is 0.225 e. The zero-order valence-electron chi connectivity index (χ0n) is 22.7. The number of aromatic nitrogens is 1. The van der Waals surface area contributed by atoms with Gasteiger partial charge in [-0.1, -0.05) is 42.5 Å². The molecule has 0 saturated heterocycles. The number of carbonyl (C=O) groups is 1. The summed E-state index contributed by atoms with van der Waals surface area (Å²) in [6.45, 7) is 0. The van der Waals surface area contributed by atoms with Crippen LogP contribution in [-0.2, 0) is 4.79 Å². The summed E-state index contributed by atoms with van der Waals surface area (Å²) in [5.41, 5.74) is 3.96. The van der Waals surface area contributed by atoms with Gasteiger partial charge < -0.3 is 24.3 Å². The van der Waals surface area contributed by atoms with Crippen molar-refractivity contribution in [3.63, 3.8) is 0 Å². The molecule has 0 fully saturated rings. The monoisotopic (exact) mass is 555 g/mol. The van der Waals surface area contributed by atoms with Crippen molar-refractivity contribution in [3.05, 3.63) is 78.4 Å². The van der Waals surface area contributed by atoms with Crippen molar-refractivity contribution < 1.29 is 23.7 Å². The van der Waals surface area contributed by atoms with Crippen LogP contribution in [0.5, 0.6) is 23.0 Å². The molecule has 8 nitrogen and oxygen atoms in total. The quantitative estimate of drug-likeness (QED) is 0.211. The van der Waals surface area contributed by atoms with Gasteiger partial charge in [0.15, 0.2) is 11.5 Å². The first-order valence-electron chi connectivity index (χ1n) is 12.4. The van der Waals surface area contributed by atoms with Gasteiger partial charge in [-0.15, -0.1) is 11.8 Å². The summed E-state index contributed by atoms with van der Waals surface area (Å²) in [5, 5.41) is 13.6. The smallest absolute Gasteiger partial charge is 0.225 e. The minimum absolute atomic E-state index is 0.185. The lowest BCUT2D eigenvalue weighted by Crippen LogP contribution is -2.12. The SMILES string of the molecule is COc1cc(NC(=O)CCSc2nc(-c3ccccc3)cc(-c3cccc(OC)c3OC)c2C#N)cc(OC)c1. The number of anilines is 1. The van der Waals surface area contributed by atoms with Gasteiger partial charge in [0.1, 0.15) is 22.6 Å². The summed E-state index contributed by atoms with van der Waals surface area (Å²) in [7, 11) is 6.24. The van der Waals surface area contributed by atoms with Crippen LogP contribution in [0.1, 0.15) is 12.0 Å². The van der Waals surface area contributed by atoms with E-state index in [9.17, 15) is 10.1 Å². The summed E-state index contributed by atoms with van der Waals surface area (Å²) in [4.78, 5) is 17.6. The number of para-hydroxylation sites is 1. The van der Waals surface area contributed by atoms with Crippen LogP contribution in [0.2, 0.25) is 0 Å². The zero-order chi connectivity index (χ0) is 28.5. The summed E-state index contributed by atoms with van der Waals surface area (Å²) in [5.74, 6) is 2.45. The molecule has 4 rings (SSSR count). The first-order valence-corrected chi connectivity index (χ1v) is 13.4. The van der Waals surface area contributed by atoms with Gasteiger partial charge in [-0.25, -0.2) is 4.98 Å². The van der Waals surface area contributed by atoms with E-state index in [4.69, 9.17) is 23.9 Å². The Labute approximate surface area is 237 Å². The van der Waals surface area contributed by atoms with Gasteiger partial charge in [0.05, 0.1) is 39.7 Å². The number of carbonyl (C=O) groups excluding carboxylic acids is 1. The third-order valence-corrected chi connectivity index (χ3v) is 7.04. The molecule has 3 aromatic carbocycles. The first kappa shape index (κ1) is 28.3. The molecule has 1 heterocycles. The molecule has 9 heteroatoms. The van der Waals surface area contributed by atoms with Gasteiger partial charge in [0.2, 0.25) is 5.91 Å². The normalized spacial score (nSPS) is 10.4. The molecular weight excluding hydrogens is 526 g/mol. The number of thioether (sulfide) groups is 1. The number of rotatable bonds is 11. The molecule has 0 unspecified atom stereocenters. The fourth-order valence-electron chi connectivity index (χ4n) is 4.15. The van der Waals surface area contributed by atoms with E-state index in [-0.39, 0.29) is 12.3 Å². The Hall–Kier alpha value is -4.68. The lowest BCUT2D eigenvalue weighted by molar-refractivity contribution is -0.115. The highest BCUT2D eigenvalue weighted by Crippen LogP contribution is 2.42.